The number of hydrogen-bond acceptors (Lipinski definition) is 24. The Kier molecular flexibility index (Phi) is 34.6. The summed E-state index contributed by atoms with van der Waals surface area (Å²) in [6, 6.07) is 31.8. The molecule has 0 unspecified atom stereocenters. The van der Waals surface area contributed by atoms with Crippen LogP contribution in [-0.2, 0) is 55.0 Å². The quantitative estimate of drug-likeness (QED) is 0.00951. The Morgan fingerprint density at radius 1 is 0.463 bits per heavy atom. The number of amides is 2. The highest BCUT2D eigenvalue weighted by atomic mass is 28.3. The number of likely N-dealkylation sites (tertiary alicyclic amines) is 2. The lowest BCUT2D eigenvalue weighted by Gasteiger charge is -2.16. The second-order valence-corrected chi connectivity index (χ2v) is 49.1. The Bertz CT molecular complexity index is 5470. The smallest absolute Gasteiger partial charge is 0.433 e. The van der Waals surface area contributed by atoms with Crippen molar-refractivity contribution in [2.45, 2.75) is 136 Å². The Balaban J connectivity index is 0.000000196. The molecular weight excluding hydrogens is 1660 g/mol. The molecular formula is C81H100F9N23O7Si3. The molecule has 0 aromatic carbocycles. The number of pyridine rings is 6. The lowest BCUT2D eigenvalue weighted by atomic mass is 10.2. The van der Waals surface area contributed by atoms with Crippen molar-refractivity contribution < 1.29 is 73.9 Å². The number of carboxylic acid groups (broad SMARTS) is 1. The first-order valence-electron chi connectivity index (χ1n) is 39.3. The van der Waals surface area contributed by atoms with Crippen molar-refractivity contribution in [2.75, 3.05) is 91.4 Å². The van der Waals surface area contributed by atoms with Crippen molar-refractivity contribution in [3.05, 3.63) is 164 Å². The molecule has 2 aliphatic rings. The normalized spacial score (nSPS) is 13.0. The van der Waals surface area contributed by atoms with Gasteiger partial charge in [0.05, 0.1) is 29.2 Å². The fourth-order valence-electron chi connectivity index (χ4n) is 12.3. The first-order valence-corrected chi connectivity index (χ1v) is 50.4. The molecule has 0 spiro atoms. The van der Waals surface area contributed by atoms with Gasteiger partial charge in [0.15, 0.2) is 17.5 Å². The molecule has 123 heavy (non-hydrogen) atoms. The fourth-order valence-corrected chi connectivity index (χ4v) is 14.5. The number of halogens is 9. The maximum atomic E-state index is 14.0. The largest absolute Gasteiger partial charge is 0.480 e. The van der Waals surface area contributed by atoms with Gasteiger partial charge in [-0.05, 0) is 143 Å². The van der Waals surface area contributed by atoms with Crippen LogP contribution in [0.1, 0.15) is 38.3 Å². The first-order chi connectivity index (χ1) is 58.7. The Labute approximate surface area is 706 Å². The monoisotopic (exact) mass is 1760 g/mol. The molecule has 2 amide bonds. The van der Waals surface area contributed by atoms with Gasteiger partial charge in [-0.3, -0.25) is 24.2 Å². The number of hydrogen-bond donors (Lipinski definition) is 7. The van der Waals surface area contributed by atoms with E-state index in [9.17, 15) is 36.3 Å². The van der Waals surface area contributed by atoms with Crippen LogP contribution in [0.5, 0.6) is 0 Å². The van der Waals surface area contributed by atoms with Crippen LogP contribution in [0.2, 0.25) is 77.1 Å². The van der Waals surface area contributed by atoms with Gasteiger partial charge in [0.25, 0.3) is 0 Å². The zero-order chi connectivity index (χ0) is 89.0. The molecule has 0 atom stereocenters. The number of rotatable bonds is 30. The van der Waals surface area contributed by atoms with Crippen molar-refractivity contribution in [2.24, 2.45) is 0 Å². The van der Waals surface area contributed by atoms with Crippen molar-refractivity contribution in [3.63, 3.8) is 0 Å². The number of carboxylic acids is 1. The van der Waals surface area contributed by atoms with E-state index in [1.54, 1.807) is 89.9 Å². The number of alkyl halides is 3. The van der Waals surface area contributed by atoms with Gasteiger partial charge in [0, 0.05) is 142 Å². The Morgan fingerprint density at radius 3 is 1.18 bits per heavy atom. The van der Waals surface area contributed by atoms with E-state index >= 15 is 0 Å². The Hall–Kier alpha value is -11.8. The lowest BCUT2D eigenvalue weighted by molar-refractivity contribution is -0.141. The molecule has 2 aliphatic heterocycles. The molecule has 12 aromatic rings. The van der Waals surface area contributed by atoms with E-state index in [4.69, 9.17) is 53.3 Å². The summed E-state index contributed by atoms with van der Waals surface area (Å²) in [4.78, 5) is 90.1. The molecule has 14 rings (SSSR count). The second kappa shape index (κ2) is 44.8. The summed E-state index contributed by atoms with van der Waals surface area (Å²) in [6.45, 7) is 29.3. The molecule has 2 saturated heterocycles. The van der Waals surface area contributed by atoms with Crippen LogP contribution >= 0.6 is 0 Å². The SMILES string of the molecule is CC(=O)Nc1cc(Nc2nc(-c3cccc(C(F)(F)F)n3)nc3c2ccn3COCC[Si](C)(C)C)ccn1.C[Si](C)(C)CCOCn1ccc2c(Nc3ccnc(N)c3)nc(-c3cccc(F)n3)nc21.C[Si](C)(C)CCOCn1ccc2c(Nc3ccnc(NC(=O)CN4CCCC4)c3)nc(-c3cccc(F)n3)nc21.FF.FF.O=C(O)CN1CCCC1. The number of aromatic nitrogens is 15. The highest BCUT2D eigenvalue weighted by molar-refractivity contribution is 6.76. The molecule has 8 N–H and O–H groups in total. The standard InChI is InChI=1S/C28H35FN8O2Si.C25H28F3N7O2Si.C22H26FN7OSi.C6H11NO2.2F2/c1-40(2,3)16-15-39-19-37-14-10-21-26(34-27(35-28(21)37)22-7-6-8-23(29)32-22)31-20-9-11-30-24(17-20)33-25(38)18-36-12-4-5-13-36;1-16(36)30-21-14-17(8-10-29-21)31-22-18-9-11-35(15-37-12-13-38(2,3)4)24(18)34-23(33-22)19-6-5-7-20(32-19)25(26,27)28;1-32(2,3)12-11-31-14-30-10-8-16-20(26-15-7-9-25-19(24)13-15)28-21(29-22(16)30)17-5-4-6-18(23)27-17;8-6(9)5-7-3-1-2-4-7;2*1-2/h6-11,14,17H,4-5,12-13,15-16,18-19H2,1-3H3,(H2,30,31,33,34,35,38);5-11,14H,12-13,15H2,1-4H3,(H2,29,30,31,33,34,36);4-10,13H,11-12,14H2,1-3H3,(H3,24,25,26,28,29);1-5H2,(H,8,9);;. The van der Waals surface area contributed by atoms with Gasteiger partial charge in [0.1, 0.15) is 94.8 Å². The summed E-state index contributed by atoms with van der Waals surface area (Å²) in [5.74, 6) is 0.928. The summed E-state index contributed by atoms with van der Waals surface area (Å²) in [7, 11) is -3.67. The number of carbonyl (C=O) groups excluding carboxylic acids is 2. The number of anilines is 9. The predicted molar refractivity (Wildman–Crippen MR) is 463 cm³/mol. The van der Waals surface area contributed by atoms with Crippen molar-refractivity contribution >= 4 is 127 Å². The molecule has 656 valence electrons. The average molecular weight is 1760 g/mol. The van der Waals surface area contributed by atoms with Gasteiger partial charge in [-0.2, -0.15) is 22.0 Å². The molecule has 14 heterocycles. The van der Waals surface area contributed by atoms with E-state index in [0.717, 1.165) is 92.5 Å². The van der Waals surface area contributed by atoms with Crippen LogP contribution in [-0.4, -0.2) is 190 Å². The minimum Gasteiger partial charge on any atom is -0.480 e. The maximum absolute atomic E-state index is 14.0. The van der Waals surface area contributed by atoms with Gasteiger partial charge in [-0.1, -0.05) is 77.1 Å². The number of aliphatic carboxylic acids is 1. The highest BCUT2D eigenvalue weighted by Gasteiger charge is 2.33. The maximum Gasteiger partial charge on any atom is 0.433 e. The van der Waals surface area contributed by atoms with E-state index in [1.807, 2.05) is 38.6 Å². The number of nitrogens with one attached hydrogen (secondary N) is 5. The fraction of sp³-hybridized carbons (Fsp3) is 0.370. The van der Waals surface area contributed by atoms with E-state index in [2.05, 4.69) is 140 Å². The van der Waals surface area contributed by atoms with Crippen LogP contribution in [0, 0.1) is 11.9 Å². The van der Waals surface area contributed by atoms with Gasteiger partial charge in [0.2, 0.25) is 23.7 Å². The van der Waals surface area contributed by atoms with Crippen LogP contribution in [0.3, 0.4) is 0 Å². The van der Waals surface area contributed by atoms with Gasteiger partial charge >= 0.3 is 12.1 Å². The van der Waals surface area contributed by atoms with E-state index < -0.39 is 54.0 Å². The topological polar surface area (TPSA) is 361 Å². The van der Waals surface area contributed by atoms with Crippen molar-refractivity contribution in [3.8, 4) is 34.6 Å². The van der Waals surface area contributed by atoms with E-state index in [-0.39, 0.29) is 42.4 Å². The lowest BCUT2D eigenvalue weighted by Crippen LogP contribution is -2.31. The first kappa shape index (κ1) is 95.0. The molecule has 30 nitrogen and oxygen atoms in total. The van der Waals surface area contributed by atoms with Gasteiger partial charge in [-0.15, -0.1) is 0 Å². The zero-order valence-electron chi connectivity index (χ0n) is 69.8. The minimum atomic E-state index is -4.61. The molecule has 2 fully saturated rings. The van der Waals surface area contributed by atoms with Crippen molar-refractivity contribution in [1.29, 1.82) is 0 Å². The zero-order valence-corrected chi connectivity index (χ0v) is 72.8. The molecule has 42 heteroatoms. The van der Waals surface area contributed by atoms with E-state index in [0.29, 0.717) is 126 Å². The third kappa shape index (κ3) is 30.0. The Morgan fingerprint density at radius 2 is 0.821 bits per heavy atom. The predicted octanol–water partition coefficient (Wildman–Crippen LogP) is 17.6. The molecule has 12 aromatic heterocycles. The molecule has 0 aliphatic carbocycles. The summed E-state index contributed by atoms with van der Waals surface area (Å²) in [5, 5.41) is 25.8. The average Bonchev–Trinajstić information content (AvgIpc) is 1.68. The van der Waals surface area contributed by atoms with Crippen LogP contribution in [0.4, 0.5) is 92.2 Å². The van der Waals surface area contributed by atoms with Gasteiger partial charge in [-0.25, -0.2) is 59.8 Å². The van der Waals surface area contributed by atoms with Crippen molar-refractivity contribution in [1.82, 2.24) is 83.3 Å². The second-order valence-electron chi connectivity index (χ2n) is 32.2. The number of fused-ring (bicyclic) bond motifs is 3. The number of nitrogens with two attached hydrogens (primary N) is 1. The number of nitrogen functional groups attached to an aromatic ring is 1. The third-order valence-corrected chi connectivity index (χ3v) is 23.6. The molecule has 0 bridgehead atoms. The summed E-state index contributed by atoms with van der Waals surface area (Å²) < 4.78 is 123. The van der Waals surface area contributed by atoms with E-state index in [1.165, 1.54) is 37.4 Å². The molecule has 0 radical (unpaired) electrons. The summed E-state index contributed by atoms with van der Waals surface area (Å²) in [5.41, 5.74) is 9.17. The number of nitrogens with zero attached hydrogens (tertiary/aromatic N) is 17. The molecule has 0 saturated carbocycles. The van der Waals surface area contributed by atoms with Crippen LogP contribution in [0.15, 0.2) is 146 Å². The number of carbonyl (C=O) groups is 3. The minimum absolute atomic E-state index is 0.0179. The number of ether oxygens (including phenoxy) is 3. The third-order valence-electron chi connectivity index (χ3n) is 18.5. The summed E-state index contributed by atoms with van der Waals surface area (Å²) in [6.07, 6.45) is 10.3. The van der Waals surface area contributed by atoms with Crippen LogP contribution < -0.4 is 32.3 Å². The highest BCUT2D eigenvalue weighted by Crippen LogP contribution is 2.35. The summed E-state index contributed by atoms with van der Waals surface area (Å²) >= 11 is 0. The van der Waals surface area contributed by atoms with Crippen LogP contribution in [0.25, 0.3) is 67.7 Å². The van der Waals surface area contributed by atoms with Gasteiger partial charge < -0.3 is 65.3 Å².